The van der Waals surface area contributed by atoms with Crippen LogP contribution in [-0.4, -0.2) is 54.7 Å². The molecule has 0 bridgehead atoms. The highest BCUT2D eigenvalue weighted by Gasteiger charge is 2.12. The van der Waals surface area contributed by atoms with Gasteiger partial charge < -0.3 is 15.0 Å². The molecule has 0 atom stereocenters. The van der Waals surface area contributed by atoms with Crippen LogP contribution in [0.1, 0.15) is 21.7 Å². The second-order valence-electron chi connectivity index (χ2n) is 5.47. The van der Waals surface area contributed by atoms with E-state index >= 15 is 0 Å². The molecular formula is C17H23N5O2. The first kappa shape index (κ1) is 17.8. The van der Waals surface area contributed by atoms with Crippen molar-refractivity contribution in [2.45, 2.75) is 13.3 Å². The van der Waals surface area contributed by atoms with E-state index in [0.29, 0.717) is 24.8 Å². The Balaban J connectivity index is 2.02. The summed E-state index contributed by atoms with van der Waals surface area (Å²) in [6, 6.07) is 5.65. The molecule has 2 aromatic rings. The smallest absolute Gasteiger partial charge is 0.270 e. The number of likely N-dealkylation sites (N-methyl/N-ethyl adjacent to an activating group) is 1. The Kier molecular flexibility index (Phi) is 6.62. The number of hydrogen-bond acceptors (Lipinski definition) is 6. The van der Waals surface area contributed by atoms with Crippen LogP contribution in [0.2, 0.25) is 0 Å². The second kappa shape index (κ2) is 8.93. The normalized spacial score (nSPS) is 10.5. The van der Waals surface area contributed by atoms with Crippen molar-refractivity contribution in [2.75, 3.05) is 38.8 Å². The maximum atomic E-state index is 12.1. The summed E-state index contributed by atoms with van der Waals surface area (Å²) < 4.78 is 4.93. The van der Waals surface area contributed by atoms with Gasteiger partial charge in [0.05, 0.1) is 6.61 Å². The van der Waals surface area contributed by atoms with Gasteiger partial charge in [-0.2, -0.15) is 0 Å². The number of aryl methyl sites for hydroxylation is 1. The van der Waals surface area contributed by atoms with Crippen molar-refractivity contribution in [1.29, 1.82) is 0 Å². The molecule has 2 rings (SSSR count). The third-order valence-electron chi connectivity index (χ3n) is 3.49. The van der Waals surface area contributed by atoms with Crippen LogP contribution < -0.4 is 10.2 Å². The van der Waals surface area contributed by atoms with E-state index in [4.69, 9.17) is 4.74 Å². The number of ether oxygens (including phenoxy) is 1. The number of anilines is 1. The fraction of sp³-hybridized carbons (Fsp3) is 0.412. The summed E-state index contributed by atoms with van der Waals surface area (Å²) in [5.74, 6) is 0.322. The lowest BCUT2D eigenvalue weighted by atomic mass is 10.2. The Hall–Kier alpha value is -2.54. The van der Waals surface area contributed by atoms with Crippen molar-refractivity contribution in [3.8, 4) is 0 Å². The second-order valence-corrected chi connectivity index (χ2v) is 5.47. The molecule has 0 aromatic carbocycles. The van der Waals surface area contributed by atoms with Crippen LogP contribution >= 0.6 is 0 Å². The number of carbonyl (C=O) groups is 1. The number of pyridine rings is 1. The van der Waals surface area contributed by atoms with Crippen molar-refractivity contribution in [1.82, 2.24) is 20.3 Å². The maximum Gasteiger partial charge on any atom is 0.270 e. The molecule has 2 aromatic heterocycles. The van der Waals surface area contributed by atoms with E-state index in [-0.39, 0.29) is 5.91 Å². The molecule has 2 heterocycles. The molecule has 0 saturated carbocycles. The molecule has 1 N–H and O–H groups in total. The predicted molar refractivity (Wildman–Crippen MR) is 92.2 cm³/mol. The van der Waals surface area contributed by atoms with Crippen molar-refractivity contribution >= 4 is 11.9 Å². The molecule has 7 nitrogen and oxygen atoms in total. The molecule has 0 spiro atoms. The zero-order valence-corrected chi connectivity index (χ0v) is 14.3. The predicted octanol–water partition coefficient (Wildman–Crippen LogP) is 1.24. The first-order chi connectivity index (χ1) is 11.6. The van der Waals surface area contributed by atoms with Gasteiger partial charge in [0, 0.05) is 45.3 Å². The van der Waals surface area contributed by atoms with Crippen LogP contribution in [0.5, 0.6) is 0 Å². The third kappa shape index (κ3) is 5.27. The summed E-state index contributed by atoms with van der Waals surface area (Å²) in [6.45, 7) is 3.52. The highest BCUT2D eigenvalue weighted by molar-refractivity contribution is 5.92. The fourth-order valence-corrected chi connectivity index (χ4v) is 2.14. The summed E-state index contributed by atoms with van der Waals surface area (Å²) in [7, 11) is 3.51. The minimum atomic E-state index is -0.221. The number of carbonyl (C=O) groups excluding carboxylic acids is 1. The van der Waals surface area contributed by atoms with Crippen LogP contribution in [-0.2, 0) is 11.2 Å². The van der Waals surface area contributed by atoms with E-state index in [2.05, 4.69) is 20.3 Å². The molecular weight excluding hydrogens is 306 g/mol. The Labute approximate surface area is 142 Å². The average Bonchev–Trinajstić information content (AvgIpc) is 2.60. The first-order valence-electron chi connectivity index (χ1n) is 7.83. The van der Waals surface area contributed by atoms with Gasteiger partial charge in [0.1, 0.15) is 5.69 Å². The topological polar surface area (TPSA) is 80.2 Å². The zero-order valence-electron chi connectivity index (χ0n) is 14.3. The van der Waals surface area contributed by atoms with Crippen LogP contribution in [0.15, 0.2) is 30.6 Å². The van der Waals surface area contributed by atoms with Crippen molar-refractivity contribution in [3.63, 3.8) is 0 Å². The minimum Gasteiger partial charge on any atom is -0.383 e. The molecule has 0 aliphatic rings. The number of nitrogens with zero attached hydrogens (tertiary/aromatic N) is 4. The number of methoxy groups -OCH3 is 1. The first-order valence-corrected chi connectivity index (χ1v) is 7.83. The van der Waals surface area contributed by atoms with Gasteiger partial charge >= 0.3 is 0 Å². The lowest BCUT2D eigenvalue weighted by Gasteiger charge is -2.18. The van der Waals surface area contributed by atoms with Gasteiger partial charge in [-0.25, -0.2) is 9.97 Å². The van der Waals surface area contributed by atoms with E-state index < -0.39 is 0 Å². The zero-order chi connectivity index (χ0) is 17.4. The highest BCUT2D eigenvalue weighted by Crippen LogP contribution is 2.10. The fourth-order valence-electron chi connectivity index (χ4n) is 2.14. The molecule has 0 unspecified atom stereocenters. The quantitative estimate of drug-likeness (QED) is 0.734. The summed E-state index contributed by atoms with van der Waals surface area (Å²) in [5, 5.41) is 2.77. The summed E-state index contributed by atoms with van der Waals surface area (Å²) in [6.07, 6.45) is 4.41. The summed E-state index contributed by atoms with van der Waals surface area (Å²) in [5.41, 5.74) is 2.32. The largest absolute Gasteiger partial charge is 0.383 e. The Bertz CT molecular complexity index is 663. The molecule has 7 heteroatoms. The van der Waals surface area contributed by atoms with E-state index in [9.17, 15) is 4.79 Å². The van der Waals surface area contributed by atoms with E-state index in [0.717, 1.165) is 18.7 Å². The summed E-state index contributed by atoms with van der Waals surface area (Å²) in [4.78, 5) is 26.9. The van der Waals surface area contributed by atoms with Crippen molar-refractivity contribution in [2.24, 2.45) is 0 Å². The standard InChI is InChI=1S/C17H23N5O2/c1-13-12-15(16(23)19-9-11-24-3)21-17(20-13)22(2)10-6-14-4-7-18-8-5-14/h4-5,7-8,12H,6,9-11H2,1-3H3,(H,19,23). The van der Waals surface area contributed by atoms with Gasteiger partial charge in [0.15, 0.2) is 0 Å². The highest BCUT2D eigenvalue weighted by atomic mass is 16.5. The number of aromatic nitrogens is 3. The van der Waals surface area contributed by atoms with Gasteiger partial charge in [0.25, 0.3) is 5.91 Å². The Morgan fingerprint density at radius 1 is 1.29 bits per heavy atom. The van der Waals surface area contributed by atoms with Crippen LogP contribution in [0, 0.1) is 6.92 Å². The van der Waals surface area contributed by atoms with Crippen LogP contribution in [0.4, 0.5) is 5.95 Å². The number of nitrogens with one attached hydrogen (secondary N) is 1. The van der Waals surface area contributed by atoms with E-state index in [1.165, 1.54) is 5.56 Å². The third-order valence-corrected chi connectivity index (χ3v) is 3.49. The number of amides is 1. The van der Waals surface area contributed by atoms with Gasteiger partial charge in [-0.15, -0.1) is 0 Å². The monoisotopic (exact) mass is 329 g/mol. The lowest BCUT2D eigenvalue weighted by molar-refractivity contribution is 0.0932. The average molecular weight is 329 g/mol. The maximum absolute atomic E-state index is 12.1. The minimum absolute atomic E-state index is 0.221. The van der Waals surface area contributed by atoms with Gasteiger partial charge in [-0.3, -0.25) is 9.78 Å². The Morgan fingerprint density at radius 2 is 2.04 bits per heavy atom. The SMILES string of the molecule is COCCNC(=O)c1cc(C)nc(N(C)CCc2ccncc2)n1. The van der Waals surface area contributed by atoms with E-state index in [1.807, 2.05) is 31.0 Å². The molecule has 128 valence electrons. The molecule has 0 aliphatic carbocycles. The molecule has 24 heavy (non-hydrogen) atoms. The Morgan fingerprint density at radius 3 is 2.75 bits per heavy atom. The lowest BCUT2D eigenvalue weighted by Crippen LogP contribution is -2.29. The van der Waals surface area contributed by atoms with Gasteiger partial charge in [0.2, 0.25) is 5.95 Å². The molecule has 0 radical (unpaired) electrons. The van der Waals surface area contributed by atoms with E-state index in [1.54, 1.807) is 25.6 Å². The van der Waals surface area contributed by atoms with Crippen molar-refractivity contribution in [3.05, 3.63) is 47.5 Å². The summed E-state index contributed by atoms with van der Waals surface area (Å²) >= 11 is 0. The molecule has 1 amide bonds. The van der Waals surface area contributed by atoms with Crippen LogP contribution in [0.3, 0.4) is 0 Å². The van der Waals surface area contributed by atoms with Crippen LogP contribution in [0.25, 0.3) is 0 Å². The number of rotatable bonds is 8. The number of hydrogen-bond donors (Lipinski definition) is 1. The molecule has 0 aliphatic heterocycles. The molecule has 0 fully saturated rings. The van der Waals surface area contributed by atoms with Gasteiger partial charge in [-0.05, 0) is 37.1 Å². The van der Waals surface area contributed by atoms with Crippen molar-refractivity contribution < 1.29 is 9.53 Å². The van der Waals surface area contributed by atoms with Gasteiger partial charge in [-0.1, -0.05) is 0 Å². The molecule has 0 saturated heterocycles.